The minimum absolute atomic E-state index is 0.000986. The first-order valence-electron chi connectivity index (χ1n) is 11.0. The minimum Gasteiger partial charge on any atom is -0.460 e. The molecule has 2 aliphatic heterocycles. The van der Waals surface area contributed by atoms with Gasteiger partial charge in [-0.05, 0) is 36.4 Å². The molecule has 12 heteroatoms. The highest BCUT2D eigenvalue weighted by atomic mass is 16.5. The van der Waals surface area contributed by atoms with Crippen LogP contribution in [0, 0.1) is 0 Å². The molecule has 12 nitrogen and oxygen atoms in total. The number of aliphatic hydroxyl groups is 3. The highest BCUT2D eigenvalue weighted by Crippen LogP contribution is 2.33. The molecule has 0 aromatic heterocycles. The molecule has 36 heavy (non-hydrogen) atoms. The molecule has 0 radical (unpaired) electrons. The molecule has 0 spiro atoms. The van der Waals surface area contributed by atoms with Crippen LogP contribution >= 0.6 is 0 Å². The summed E-state index contributed by atoms with van der Waals surface area (Å²) < 4.78 is 9.67. The summed E-state index contributed by atoms with van der Waals surface area (Å²) >= 11 is 0. The largest absolute Gasteiger partial charge is 0.460 e. The molecule has 0 saturated carbocycles. The van der Waals surface area contributed by atoms with Gasteiger partial charge in [0.15, 0.2) is 6.23 Å². The molecule has 2 aromatic rings. The number of carbonyl (C=O) groups is 5. The van der Waals surface area contributed by atoms with Crippen LogP contribution in [0.4, 0.5) is 0 Å². The molecule has 2 aromatic carbocycles. The zero-order valence-electron chi connectivity index (χ0n) is 18.9. The lowest BCUT2D eigenvalue weighted by Gasteiger charge is -2.23. The summed E-state index contributed by atoms with van der Waals surface area (Å²) in [5.41, 5.74) is 0.549. The number of imide groups is 1. The highest BCUT2D eigenvalue weighted by molar-refractivity contribution is 6.22. The van der Waals surface area contributed by atoms with Crippen molar-refractivity contribution in [3.63, 3.8) is 0 Å². The molecule has 1 unspecified atom stereocenters. The molecule has 0 saturated heterocycles. The van der Waals surface area contributed by atoms with Gasteiger partial charge in [0.1, 0.15) is 13.2 Å². The van der Waals surface area contributed by atoms with Crippen LogP contribution in [0.1, 0.15) is 63.6 Å². The number of rotatable bonds is 9. The molecule has 4 rings (SSSR count). The monoisotopic (exact) mass is 498 g/mol. The first-order chi connectivity index (χ1) is 17.3. The maximum atomic E-state index is 12.9. The Kier molecular flexibility index (Phi) is 7.10. The fourth-order valence-electron chi connectivity index (χ4n) is 4.03. The van der Waals surface area contributed by atoms with Gasteiger partial charge in [-0.15, -0.1) is 0 Å². The van der Waals surface area contributed by atoms with E-state index in [1.807, 2.05) is 0 Å². The van der Waals surface area contributed by atoms with Crippen LogP contribution in [0.25, 0.3) is 0 Å². The Hall–Kier alpha value is -4.13. The lowest BCUT2D eigenvalue weighted by Crippen LogP contribution is -2.39. The van der Waals surface area contributed by atoms with Crippen LogP contribution < -0.4 is 0 Å². The molecule has 2 aliphatic rings. The minimum atomic E-state index is -1.42. The lowest BCUT2D eigenvalue weighted by molar-refractivity contribution is 0.0135. The van der Waals surface area contributed by atoms with E-state index in [0.29, 0.717) is 0 Å². The van der Waals surface area contributed by atoms with E-state index in [4.69, 9.17) is 19.7 Å². The van der Waals surface area contributed by atoms with Crippen LogP contribution in [-0.4, -0.2) is 94.3 Å². The molecule has 1 atom stereocenters. The second-order valence-electron chi connectivity index (χ2n) is 7.92. The standard InChI is InChI=1S/C24H22N2O10/c27-7-9-35-23(33)13-1-3-15-17(11-13)21(31)25(19(15)29)5-6-26-20(30)16-4-2-14(12-18(16)22(26)32)24(34)36-10-8-28/h1-4,11-12,21,27-28,31H,5-10H2. The Morgan fingerprint density at radius 3 is 1.92 bits per heavy atom. The first kappa shape index (κ1) is 25.0. The first-order valence-corrected chi connectivity index (χ1v) is 11.0. The van der Waals surface area contributed by atoms with Gasteiger partial charge in [-0.1, -0.05) is 0 Å². The predicted molar refractivity (Wildman–Crippen MR) is 119 cm³/mol. The number of carbonyl (C=O) groups excluding carboxylic acids is 5. The van der Waals surface area contributed by atoms with Crippen LogP contribution in [0.3, 0.4) is 0 Å². The number of hydrogen-bond donors (Lipinski definition) is 3. The number of ether oxygens (including phenoxy) is 2. The third-order valence-electron chi connectivity index (χ3n) is 5.77. The average Bonchev–Trinajstić information content (AvgIpc) is 3.27. The second-order valence-corrected chi connectivity index (χ2v) is 7.92. The van der Waals surface area contributed by atoms with Gasteiger partial charge < -0.3 is 29.7 Å². The average molecular weight is 498 g/mol. The zero-order valence-corrected chi connectivity index (χ0v) is 18.9. The third-order valence-corrected chi connectivity index (χ3v) is 5.77. The summed E-state index contributed by atoms with van der Waals surface area (Å²) in [7, 11) is 0. The van der Waals surface area contributed by atoms with Gasteiger partial charge in [-0.2, -0.15) is 0 Å². The van der Waals surface area contributed by atoms with Gasteiger partial charge >= 0.3 is 11.9 Å². The predicted octanol–water partition coefficient (Wildman–Crippen LogP) is -0.272. The molecule has 0 fully saturated rings. The van der Waals surface area contributed by atoms with Gasteiger partial charge in [0.05, 0.1) is 35.5 Å². The second kappa shape index (κ2) is 10.2. The van der Waals surface area contributed by atoms with Gasteiger partial charge in [0.25, 0.3) is 17.7 Å². The van der Waals surface area contributed by atoms with E-state index in [-0.39, 0.29) is 72.9 Å². The summed E-state index contributed by atoms with van der Waals surface area (Å²) in [5, 5.41) is 28.3. The Morgan fingerprint density at radius 2 is 1.31 bits per heavy atom. The van der Waals surface area contributed by atoms with E-state index >= 15 is 0 Å². The molecule has 188 valence electrons. The molecule has 0 aliphatic carbocycles. The summed E-state index contributed by atoms with van der Waals surface area (Å²) in [5.74, 6) is -3.31. The molecule has 3 amide bonds. The van der Waals surface area contributed by atoms with Crippen LogP contribution in [0.5, 0.6) is 0 Å². The normalized spacial score (nSPS) is 16.3. The van der Waals surface area contributed by atoms with Crippen LogP contribution in [0.15, 0.2) is 36.4 Å². The molecule has 3 N–H and O–H groups in total. The van der Waals surface area contributed by atoms with E-state index in [2.05, 4.69) is 0 Å². The highest BCUT2D eigenvalue weighted by Gasteiger charge is 2.40. The van der Waals surface area contributed by atoms with Gasteiger partial charge in [0, 0.05) is 24.2 Å². The Labute approximate surface area is 204 Å². The number of benzene rings is 2. The van der Waals surface area contributed by atoms with Crippen molar-refractivity contribution in [2.45, 2.75) is 6.23 Å². The number of nitrogens with zero attached hydrogens (tertiary/aromatic N) is 2. The van der Waals surface area contributed by atoms with Crippen molar-refractivity contribution in [1.82, 2.24) is 9.80 Å². The van der Waals surface area contributed by atoms with Crippen molar-refractivity contribution in [3.8, 4) is 0 Å². The smallest absolute Gasteiger partial charge is 0.338 e. The topological polar surface area (TPSA) is 171 Å². The van der Waals surface area contributed by atoms with E-state index in [1.54, 1.807) is 0 Å². The van der Waals surface area contributed by atoms with Crippen molar-refractivity contribution in [1.29, 1.82) is 0 Å². The van der Waals surface area contributed by atoms with E-state index in [9.17, 15) is 29.1 Å². The van der Waals surface area contributed by atoms with E-state index in [1.165, 1.54) is 36.4 Å². The van der Waals surface area contributed by atoms with Gasteiger partial charge in [0.2, 0.25) is 0 Å². The molecular weight excluding hydrogens is 476 g/mol. The number of fused-ring (bicyclic) bond motifs is 2. The number of amides is 3. The third kappa shape index (κ3) is 4.44. The molecule has 2 heterocycles. The lowest BCUT2D eigenvalue weighted by atomic mass is 10.1. The summed E-state index contributed by atoms with van der Waals surface area (Å²) in [6.45, 7) is -1.53. The van der Waals surface area contributed by atoms with Crippen LogP contribution in [-0.2, 0) is 9.47 Å². The van der Waals surface area contributed by atoms with E-state index < -0.39 is 35.9 Å². The number of aliphatic hydroxyl groups excluding tert-OH is 3. The van der Waals surface area contributed by atoms with Gasteiger partial charge in [-0.25, -0.2) is 9.59 Å². The Bertz CT molecular complexity index is 1260. The van der Waals surface area contributed by atoms with Crippen molar-refractivity contribution in [3.05, 3.63) is 69.8 Å². The Morgan fingerprint density at radius 1 is 0.750 bits per heavy atom. The van der Waals surface area contributed by atoms with Crippen LogP contribution in [0.2, 0.25) is 0 Å². The molecular formula is C24H22N2O10. The van der Waals surface area contributed by atoms with Crippen molar-refractivity contribution < 1.29 is 48.8 Å². The van der Waals surface area contributed by atoms with Gasteiger partial charge in [-0.3, -0.25) is 19.3 Å². The number of esters is 2. The summed E-state index contributed by atoms with van der Waals surface area (Å²) in [6.07, 6.45) is -1.42. The van der Waals surface area contributed by atoms with Crippen molar-refractivity contribution >= 4 is 29.7 Å². The van der Waals surface area contributed by atoms with Crippen molar-refractivity contribution in [2.24, 2.45) is 0 Å². The summed E-state index contributed by atoms with van der Waals surface area (Å²) in [6, 6.07) is 7.94. The molecule has 0 bridgehead atoms. The van der Waals surface area contributed by atoms with Crippen molar-refractivity contribution in [2.75, 3.05) is 39.5 Å². The quantitative estimate of drug-likeness (QED) is 0.309. The summed E-state index contributed by atoms with van der Waals surface area (Å²) in [4.78, 5) is 64.5. The SMILES string of the molecule is O=C(OCCO)c1ccc2c(c1)C(=O)N(CCN1C(=O)c3ccc(C(=O)OCCO)cc3C1O)C2=O. The Balaban J connectivity index is 1.46. The fraction of sp³-hybridized carbons (Fsp3) is 0.292. The maximum Gasteiger partial charge on any atom is 0.338 e. The fourth-order valence-corrected chi connectivity index (χ4v) is 4.03. The number of hydrogen-bond acceptors (Lipinski definition) is 10. The van der Waals surface area contributed by atoms with E-state index in [0.717, 1.165) is 9.80 Å². The maximum absolute atomic E-state index is 12.9. The zero-order chi connectivity index (χ0) is 26.0.